The Morgan fingerprint density at radius 2 is 1.72 bits per heavy atom. The molecule has 248 valence electrons. The lowest BCUT2D eigenvalue weighted by Crippen LogP contribution is -2.46. The minimum atomic E-state index is -0.834. The van der Waals surface area contributed by atoms with Crippen LogP contribution in [0.1, 0.15) is 95.8 Å². The van der Waals surface area contributed by atoms with E-state index >= 15 is 0 Å². The second-order valence-electron chi connectivity index (χ2n) is 13.6. The molecular weight excluding hydrogens is 586 g/mol. The highest BCUT2D eigenvalue weighted by Gasteiger charge is 2.35. The zero-order valence-electron chi connectivity index (χ0n) is 28.3. The number of hydrogen-bond acceptors (Lipinski definition) is 8. The maximum Gasteiger partial charge on any atom is 0.437 e. The molecule has 0 radical (unpaired) electrons. The fourth-order valence-corrected chi connectivity index (χ4v) is 5.01. The zero-order chi connectivity index (χ0) is 33.5. The predicted octanol–water partition coefficient (Wildman–Crippen LogP) is 7.71. The molecule has 0 spiro atoms. The van der Waals surface area contributed by atoms with Crippen LogP contribution in [-0.4, -0.2) is 57.5 Å². The highest BCUT2D eigenvalue weighted by atomic mass is 16.6. The van der Waals surface area contributed by atoms with Gasteiger partial charge in [-0.05, 0) is 117 Å². The molecule has 11 heteroatoms. The number of hydrogen-bond donors (Lipinski definition) is 1. The van der Waals surface area contributed by atoms with Gasteiger partial charge in [-0.25, -0.2) is 9.59 Å². The van der Waals surface area contributed by atoms with Crippen molar-refractivity contribution >= 4 is 18.1 Å². The van der Waals surface area contributed by atoms with Crippen molar-refractivity contribution in [1.29, 1.82) is 0 Å². The lowest BCUT2D eigenvalue weighted by atomic mass is 10.1. The Labute approximate surface area is 271 Å². The van der Waals surface area contributed by atoms with Gasteiger partial charge in [-0.15, -0.1) is 4.99 Å². The first-order valence-electron chi connectivity index (χ1n) is 15.9. The number of benzene rings is 2. The lowest BCUT2D eigenvalue weighted by molar-refractivity contribution is 0.0553. The SMILES string of the molecule is Cc1ccc(CCCCOc2ccc(-c3noc([C@@H]4CCCN4/C(=N/C(=O)OC(C)(C)C)NC(=O)OC(C)(C)C)n3)cc2C)cc1. The summed E-state index contributed by atoms with van der Waals surface area (Å²) >= 11 is 0. The summed E-state index contributed by atoms with van der Waals surface area (Å²) in [6, 6.07) is 14.1. The summed E-state index contributed by atoms with van der Waals surface area (Å²) in [5.74, 6) is 1.60. The molecule has 1 aliphatic heterocycles. The largest absolute Gasteiger partial charge is 0.493 e. The van der Waals surface area contributed by atoms with Crippen molar-refractivity contribution < 1.29 is 28.3 Å². The van der Waals surface area contributed by atoms with Gasteiger partial charge >= 0.3 is 12.2 Å². The number of aliphatic imine (C=N–C) groups is 1. The third-order valence-electron chi connectivity index (χ3n) is 7.13. The molecule has 2 aromatic carbocycles. The van der Waals surface area contributed by atoms with Crippen molar-refractivity contribution in [2.24, 2.45) is 4.99 Å². The highest BCUT2D eigenvalue weighted by Crippen LogP contribution is 2.33. The van der Waals surface area contributed by atoms with Crippen LogP contribution >= 0.6 is 0 Å². The number of aryl methyl sites for hydroxylation is 3. The first-order valence-corrected chi connectivity index (χ1v) is 15.9. The van der Waals surface area contributed by atoms with E-state index < -0.39 is 29.4 Å². The second-order valence-corrected chi connectivity index (χ2v) is 13.6. The van der Waals surface area contributed by atoms with Gasteiger partial charge in [-0.3, -0.25) is 5.32 Å². The standard InChI is InChI=1S/C35H47N5O6/c1-23-14-16-25(17-15-23)12-9-10-21-43-28-19-18-26(22-24(28)2)29-36-30(46-39-29)27-13-11-20-40(27)31(37-32(41)44-34(3,4)5)38-33(42)45-35(6,7)8/h14-19,22,27H,9-13,20-21H2,1-8H3,(H,37,38,41,42)/t27-/m0/s1. The number of nitrogens with one attached hydrogen (secondary N) is 1. The van der Waals surface area contributed by atoms with E-state index in [-0.39, 0.29) is 5.96 Å². The first-order chi connectivity index (χ1) is 21.7. The minimum absolute atomic E-state index is 0.00182. The van der Waals surface area contributed by atoms with Crippen molar-refractivity contribution in [1.82, 2.24) is 20.4 Å². The molecule has 0 bridgehead atoms. The van der Waals surface area contributed by atoms with Crippen LogP contribution < -0.4 is 10.1 Å². The van der Waals surface area contributed by atoms with Crippen LogP contribution in [0, 0.1) is 13.8 Å². The topological polar surface area (TPSA) is 128 Å². The molecule has 1 fully saturated rings. The Kier molecular flexibility index (Phi) is 11.1. The van der Waals surface area contributed by atoms with Crippen LogP contribution in [-0.2, 0) is 15.9 Å². The molecule has 1 aromatic heterocycles. The Hall–Kier alpha value is -4.41. The van der Waals surface area contributed by atoms with E-state index in [0.29, 0.717) is 31.3 Å². The molecule has 11 nitrogen and oxygen atoms in total. The van der Waals surface area contributed by atoms with Crippen LogP contribution in [0.4, 0.5) is 9.59 Å². The van der Waals surface area contributed by atoms with Crippen molar-refractivity contribution in [3.8, 4) is 17.1 Å². The maximum absolute atomic E-state index is 12.7. The summed E-state index contributed by atoms with van der Waals surface area (Å²) < 4.78 is 22.6. The number of carbonyl (C=O) groups is 2. The van der Waals surface area contributed by atoms with E-state index in [1.165, 1.54) is 11.1 Å². The third kappa shape index (κ3) is 10.3. The van der Waals surface area contributed by atoms with Crippen LogP contribution in [0.15, 0.2) is 52.0 Å². The van der Waals surface area contributed by atoms with Crippen LogP contribution in [0.5, 0.6) is 5.75 Å². The molecule has 4 rings (SSSR count). The number of likely N-dealkylation sites (tertiary alicyclic amines) is 1. The smallest absolute Gasteiger partial charge is 0.437 e. The van der Waals surface area contributed by atoms with Crippen molar-refractivity contribution in [2.75, 3.05) is 13.2 Å². The monoisotopic (exact) mass is 633 g/mol. The normalized spacial score (nSPS) is 15.5. The zero-order valence-corrected chi connectivity index (χ0v) is 28.3. The van der Waals surface area contributed by atoms with Gasteiger partial charge in [0.15, 0.2) is 0 Å². The third-order valence-corrected chi connectivity index (χ3v) is 7.13. The van der Waals surface area contributed by atoms with Gasteiger partial charge in [0.2, 0.25) is 17.7 Å². The minimum Gasteiger partial charge on any atom is -0.493 e. The molecule has 0 saturated carbocycles. The summed E-state index contributed by atoms with van der Waals surface area (Å²) in [6.07, 6.45) is 2.88. The Balaban J connectivity index is 1.42. The highest BCUT2D eigenvalue weighted by molar-refractivity contribution is 5.99. The summed E-state index contributed by atoms with van der Waals surface area (Å²) in [4.78, 5) is 35.9. The number of aromatic nitrogens is 2. The summed E-state index contributed by atoms with van der Waals surface area (Å²) in [7, 11) is 0. The van der Waals surface area contributed by atoms with Gasteiger partial charge in [0, 0.05) is 12.1 Å². The number of nitrogens with zero attached hydrogens (tertiary/aromatic N) is 4. The fourth-order valence-electron chi connectivity index (χ4n) is 5.01. The van der Waals surface area contributed by atoms with E-state index in [9.17, 15) is 9.59 Å². The molecule has 1 N–H and O–H groups in total. The molecule has 1 atom stereocenters. The summed E-state index contributed by atoms with van der Waals surface area (Å²) in [6.45, 7) is 15.7. The molecule has 2 heterocycles. The van der Waals surface area contributed by atoms with Crippen molar-refractivity contribution in [3.05, 3.63) is 65.0 Å². The average Bonchev–Trinajstić information content (AvgIpc) is 3.62. The van der Waals surface area contributed by atoms with Gasteiger partial charge in [-0.2, -0.15) is 4.98 Å². The second kappa shape index (κ2) is 14.8. The maximum atomic E-state index is 12.7. The van der Waals surface area contributed by atoms with Gasteiger partial charge in [0.25, 0.3) is 0 Å². The number of guanidine groups is 1. The van der Waals surface area contributed by atoms with E-state index in [4.69, 9.17) is 18.7 Å². The molecule has 0 unspecified atom stereocenters. The van der Waals surface area contributed by atoms with E-state index in [1.54, 1.807) is 46.4 Å². The molecule has 3 aromatic rings. The van der Waals surface area contributed by atoms with Gasteiger partial charge in [0.1, 0.15) is 23.0 Å². The molecule has 46 heavy (non-hydrogen) atoms. The van der Waals surface area contributed by atoms with E-state index in [1.807, 2.05) is 25.1 Å². The summed E-state index contributed by atoms with van der Waals surface area (Å²) in [5, 5.41) is 6.87. The van der Waals surface area contributed by atoms with E-state index in [2.05, 4.69) is 51.6 Å². The van der Waals surface area contributed by atoms with Crippen molar-refractivity contribution in [2.45, 2.75) is 105 Å². The number of rotatable bonds is 8. The van der Waals surface area contributed by atoms with Crippen LogP contribution in [0.3, 0.4) is 0 Å². The number of ether oxygens (including phenoxy) is 3. The quantitative estimate of drug-likeness (QED) is 0.151. The Morgan fingerprint density at radius 3 is 2.39 bits per heavy atom. The first kappa shape index (κ1) is 34.5. The number of unbranched alkanes of at least 4 members (excludes halogenated alkanes) is 1. The summed E-state index contributed by atoms with van der Waals surface area (Å²) in [5.41, 5.74) is 2.88. The fraction of sp³-hybridized carbons (Fsp3) is 0.514. The van der Waals surface area contributed by atoms with Gasteiger partial charge < -0.3 is 23.6 Å². The van der Waals surface area contributed by atoms with Crippen molar-refractivity contribution in [3.63, 3.8) is 0 Å². The predicted molar refractivity (Wildman–Crippen MR) is 176 cm³/mol. The number of alkyl carbamates (subject to hydrolysis) is 1. The number of amides is 2. The average molecular weight is 634 g/mol. The lowest BCUT2D eigenvalue weighted by Gasteiger charge is -2.27. The van der Waals surface area contributed by atoms with Gasteiger partial charge in [-0.1, -0.05) is 35.0 Å². The van der Waals surface area contributed by atoms with Crippen LogP contribution in [0.2, 0.25) is 0 Å². The van der Waals surface area contributed by atoms with Crippen LogP contribution in [0.25, 0.3) is 11.4 Å². The van der Waals surface area contributed by atoms with E-state index in [0.717, 1.165) is 42.6 Å². The molecule has 0 aliphatic carbocycles. The molecule has 1 aliphatic rings. The Bertz CT molecular complexity index is 1520. The molecule has 1 saturated heterocycles. The molecular formula is C35H47N5O6. The number of carbonyl (C=O) groups excluding carboxylic acids is 2. The van der Waals surface area contributed by atoms with Gasteiger partial charge in [0.05, 0.1) is 6.61 Å². The molecule has 2 amide bonds. The Morgan fingerprint density at radius 1 is 1.00 bits per heavy atom.